The largest absolute Gasteiger partial charge is 0.466 e. The van der Waals surface area contributed by atoms with Gasteiger partial charge in [-0.05, 0) is 79.6 Å². The minimum absolute atomic E-state index is 0.183. The van der Waals surface area contributed by atoms with Crippen LogP contribution in [0.2, 0.25) is 0 Å². The van der Waals surface area contributed by atoms with E-state index in [1.807, 2.05) is 0 Å². The topological polar surface area (TPSA) is 232 Å². The van der Waals surface area contributed by atoms with Gasteiger partial charge in [0.05, 0.1) is 0 Å². The Morgan fingerprint density at radius 2 is 0.893 bits per heavy atom. The lowest BCUT2D eigenvalue weighted by molar-refractivity contribution is 0.272. The summed E-state index contributed by atoms with van der Waals surface area (Å²) in [4.78, 5) is 43.1. The normalized spacial score (nSPS) is 12.6. The maximum absolute atomic E-state index is 8.88. The third-order valence-corrected chi connectivity index (χ3v) is 3.34. The molecule has 28 heavy (non-hydrogen) atoms. The van der Waals surface area contributed by atoms with Gasteiger partial charge in [-0.15, -0.1) is 0 Å². The fourth-order valence-corrected chi connectivity index (χ4v) is 1.86. The molecule has 0 fully saturated rings. The molecule has 0 radical (unpaired) electrons. The Kier molecular flexibility index (Phi) is 18.5. The third-order valence-electron chi connectivity index (χ3n) is 3.34. The van der Waals surface area contributed by atoms with Gasteiger partial charge in [-0.1, -0.05) is 0 Å². The second-order valence-electron chi connectivity index (χ2n) is 7.43. The summed E-state index contributed by atoms with van der Waals surface area (Å²) in [5, 5.41) is 7.14. The van der Waals surface area contributed by atoms with Gasteiger partial charge in [0.15, 0.2) is 0 Å². The van der Waals surface area contributed by atoms with Crippen LogP contribution in [0.4, 0.5) is 0 Å². The second-order valence-corrected chi connectivity index (χ2v) is 9.49. The maximum Gasteiger partial charge on any atom is 0.466 e. The van der Waals surface area contributed by atoms with Gasteiger partial charge in [-0.2, -0.15) is 0 Å². The predicted octanol–water partition coefficient (Wildman–Crippen LogP) is -0.657. The molecule has 0 spiro atoms. The van der Waals surface area contributed by atoms with Crippen LogP contribution in [0, 0.1) is 0 Å². The van der Waals surface area contributed by atoms with Crippen LogP contribution in [0.25, 0.3) is 0 Å². The van der Waals surface area contributed by atoms with Crippen molar-refractivity contribution in [2.45, 2.75) is 64.5 Å². The number of hydrogen-bond donors (Lipinski definition) is 10. The molecule has 0 bridgehead atoms. The van der Waals surface area contributed by atoms with Gasteiger partial charge in [-0.25, -0.2) is 9.13 Å². The fourth-order valence-electron chi connectivity index (χ4n) is 1.86. The van der Waals surface area contributed by atoms with Crippen LogP contribution in [0.15, 0.2) is 0 Å². The molecule has 0 amide bonds. The summed E-state index contributed by atoms with van der Waals surface area (Å²) in [6.07, 6.45) is 4.39. The standard InChI is InChI=1S/C14H34N4.2H3O4P/c1-13(2,17-11-5-9-15)7-8-14(3,4)18-12-6-10-16;2*1-5(2,3)4/h17-18H,5-12,15-16H2,1-4H3;2*(H3,1,2,3,4). The minimum atomic E-state index is -4.64. The van der Waals surface area contributed by atoms with Gasteiger partial charge in [0.1, 0.15) is 0 Å². The van der Waals surface area contributed by atoms with Gasteiger partial charge < -0.3 is 51.5 Å². The molecule has 12 nitrogen and oxygen atoms in total. The molecule has 0 heterocycles. The lowest BCUT2D eigenvalue weighted by Crippen LogP contribution is -2.45. The van der Waals surface area contributed by atoms with Crippen molar-refractivity contribution in [1.82, 2.24) is 10.6 Å². The zero-order valence-electron chi connectivity index (χ0n) is 17.2. The van der Waals surface area contributed by atoms with Crippen LogP contribution < -0.4 is 22.1 Å². The monoisotopic (exact) mass is 454 g/mol. The predicted molar refractivity (Wildman–Crippen MR) is 109 cm³/mol. The van der Waals surface area contributed by atoms with Crippen molar-refractivity contribution in [3.05, 3.63) is 0 Å². The second kappa shape index (κ2) is 15.8. The van der Waals surface area contributed by atoms with Gasteiger partial charge >= 0.3 is 15.6 Å². The molecule has 174 valence electrons. The van der Waals surface area contributed by atoms with Crippen molar-refractivity contribution in [2.75, 3.05) is 26.2 Å². The van der Waals surface area contributed by atoms with E-state index in [2.05, 4.69) is 38.3 Å². The molecule has 0 aliphatic carbocycles. The van der Waals surface area contributed by atoms with Crippen molar-refractivity contribution >= 4 is 15.6 Å². The Labute approximate surface area is 167 Å². The summed E-state index contributed by atoms with van der Waals surface area (Å²) in [6, 6.07) is 0. The molecule has 0 saturated carbocycles. The fraction of sp³-hybridized carbons (Fsp3) is 1.00. The van der Waals surface area contributed by atoms with Gasteiger partial charge in [-0.3, -0.25) is 0 Å². The first-order valence-electron chi connectivity index (χ1n) is 8.80. The van der Waals surface area contributed by atoms with Crippen LogP contribution in [0.1, 0.15) is 53.4 Å². The van der Waals surface area contributed by atoms with E-state index < -0.39 is 15.6 Å². The van der Waals surface area contributed by atoms with Crippen molar-refractivity contribution < 1.29 is 38.5 Å². The first kappa shape index (κ1) is 32.7. The Bertz CT molecular complexity index is 410. The Morgan fingerprint density at radius 1 is 0.679 bits per heavy atom. The van der Waals surface area contributed by atoms with Crippen LogP contribution in [0.3, 0.4) is 0 Å². The average molecular weight is 454 g/mol. The molecule has 12 N–H and O–H groups in total. The molecule has 0 aliphatic rings. The average Bonchev–Trinajstić information content (AvgIpc) is 2.42. The summed E-state index contributed by atoms with van der Waals surface area (Å²) < 4.78 is 17.8. The van der Waals surface area contributed by atoms with Crippen molar-refractivity contribution in [2.24, 2.45) is 11.5 Å². The molecule has 0 rings (SSSR count). The first-order chi connectivity index (χ1) is 12.3. The Hall–Kier alpha value is 0.0600. The Balaban J connectivity index is -0.000000512. The lowest BCUT2D eigenvalue weighted by Gasteiger charge is -2.33. The van der Waals surface area contributed by atoms with Crippen LogP contribution in [-0.4, -0.2) is 66.6 Å². The van der Waals surface area contributed by atoms with Gasteiger partial charge in [0.2, 0.25) is 0 Å². The highest BCUT2D eigenvalue weighted by Crippen LogP contribution is 2.26. The molecular formula is C14H40N4O8P2. The number of hydrogen-bond acceptors (Lipinski definition) is 6. The summed E-state index contributed by atoms with van der Waals surface area (Å²) in [5.41, 5.74) is 11.4. The highest BCUT2D eigenvalue weighted by molar-refractivity contribution is 7.45. The Morgan fingerprint density at radius 3 is 1.07 bits per heavy atom. The molecule has 0 aromatic heterocycles. The van der Waals surface area contributed by atoms with E-state index in [9.17, 15) is 0 Å². The van der Waals surface area contributed by atoms with Crippen molar-refractivity contribution in [3.8, 4) is 0 Å². The van der Waals surface area contributed by atoms with E-state index in [1.165, 1.54) is 0 Å². The molecular weight excluding hydrogens is 414 g/mol. The van der Waals surface area contributed by atoms with E-state index in [-0.39, 0.29) is 11.1 Å². The summed E-state index contributed by atoms with van der Waals surface area (Å²) >= 11 is 0. The number of nitrogens with one attached hydrogen (secondary N) is 2. The molecule has 0 aromatic carbocycles. The van der Waals surface area contributed by atoms with Crippen LogP contribution in [-0.2, 0) is 9.13 Å². The van der Waals surface area contributed by atoms with Gasteiger partial charge in [0, 0.05) is 11.1 Å². The number of nitrogens with two attached hydrogens (primary N) is 2. The SMILES string of the molecule is CC(C)(CCC(C)(C)NCCCN)NCCCN.O=P(O)(O)O.O=P(O)(O)O. The van der Waals surface area contributed by atoms with Crippen molar-refractivity contribution in [1.29, 1.82) is 0 Å². The van der Waals surface area contributed by atoms with E-state index >= 15 is 0 Å². The molecule has 0 unspecified atom stereocenters. The summed E-state index contributed by atoms with van der Waals surface area (Å²) in [7, 11) is -9.28. The van der Waals surface area contributed by atoms with Crippen LogP contribution in [0.5, 0.6) is 0 Å². The summed E-state index contributed by atoms with van der Waals surface area (Å²) in [6.45, 7) is 12.6. The molecule has 0 atom stereocenters. The highest BCUT2D eigenvalue weighted by atomic mass is 31.2. The van der Waals surface area contributed by atoms with Crippen molar-refractivity contribution in [3.63, 3.8) is 0 Å². The lowest BCUT2D eigenvalue weighted by atomic mass is 9.89. The highest BCUT2D eigenvalue weighted by Gasteiger charge is 2.23. The zero-order valence-corrected chi connectivity index (χ0v) is 19.0. The maximum atomic E-state index is 8.88. The molecule has 0 aliphatic heterocycles. The zero-order chi connectivity index (χ0) is 23.1. The van der Waals surface area contributed by atoms with E-state index in [0.29, 0.717) is 0 Å². The third kappa shape index (κ3) is 45.0. The summed E-state index contributed by atoms with van der Waals surface area (Å²) in [5.74, 6) is 0. The van der Waals surface area contributed by atoms with E-state index in [0.717, 1.165) is 51.9 Å². The molecule has 14 heteroatoms. The van der Waals surface area contributed by atoms with E-state index in [1.54, 1.807) is 0 Å². The quantitative estimate of drug-likeness (QED) is 0.138. The minimum Gasteiger partial charge on any atom is -0.330 e. The number of rotatable bonds is 11. The van der Waals surface area contributed by atoms with Gasteiger partial charge in [0.25, 0.3) is 0 Å². The van der Waals surface area contributed by atoms with Crippen LogP contribution >= 0.6 is 15.6 Å². The van der Waals surface area contributed by atoms with E-state index in [4.69, 9.17) is 50.0 Å². The molecule has 0 saturated heterocycles. The smallest absolute Gasteiger partial charge is 0.330 e. The molecule has 0 aromatic rings. The number of phosphoric acid groups is 2. The first-order valence-corrected chi connectivity index (χ1v) is 11.9.